The number of aromatic nitrogens is 2. The fourth-order valence-corrected chi connectivity index (χ4v) is 6.48. The largest absolute Gasteiger partial charge is 0.467 e. The van der Waals surface area contributed by atoms with Gasteiger partial charge in [-0.1, -0.05) is 42.5 Å². The summed E-state index contributed by atoms with van der Waals surface area (Å²) < 4.78 is 74.2. The summed E-state index contributed by atoms with van der Waals surface area (Å²) >= 11 is 0. The molecule has 3 aromatic rings. The summed E-state index contributed by atoms with van der Waals surface area (Å²) in [6.07, 6.45) is -4.40. The van der Waals surface area contributed by atoms with E-state index in [1.807, 2.05) is 30.3 Å². The monoisotopic (exact) mass is 521 g/mol. The molecule has 1 aliphatic rings. The number of carbonyl (C=O) groups is 1. The number of alkyl halides is 3. The molecule has 1 aromatic heterocycles. The zero-order chi connectivity index (χ0) is 26.1. The summed E-state index contributed by atoms with van der Waals surface area (Å²) in [5.74, 6) is -0.147. The van der Waals surface area contributed by atoms with Crippen LogP contribution in [-0.2, 0) is 38.5 Å². The third kappa shape index (κ3) is 5.11. The summed E-state index contributed by atoms with van der Waals surface area (Å²) in [7, 11) is -3.23. The number of sulfone groups is 1. The Labute approximate surface area is 207 Å². The fraction of sp³-hybridized carbons (Fsp3) is 0.360. The minimum atomic E-state index is -4.84. The van der Waals surface area contributed by atoms with Crippen LogP contribution in [0.15, 0.2) is 65.6 Å². The number of rotatable bonds is 7. The van der Waals surface area contributed by atoms with Crippen LogP contribution in [0.4, 0.5) is 19.0 Å². The van der Waals surface area contributed by atoms with Crippen molar-refractivity contribution in [3.8, 4) is 0 Å². The van der Waals surface area contributed by atoms with Crippen LogP contribution in [0, 0.1) is 6.92 Å². The molecule has 0 amide bonds. The molecule has 1 fully saturated rings. The second-order valence-electron chi connectivity index (χ2n) is 8.69. The molecule has 4 rings (SSSR count). The van der Waals surface area contributed by atoms with Crippen LogP contribution in [0.25, 0.3) is 0 Å². The van der Waals surface area contributed by atoms with Crippen LogP contribution in [0.2, 0.25) is 0 Å². The van der Waals surface area contributed by atoms with Gasteiger partial charge in [0, 0.05) is 19.2 Å². The number of aryl methyl sites for hydroxylation is 3. The molecular formula is C25H26F3N3O4S. The van der Waals surface area contributed by atoms with E-state index in [0.717, 1.165) is 23.8 Å². The van der Waals surface area contributed by atoms with Crippen molar-refractivity contribution in [1.29, 1.82) is 0 Å². The molecule has 192 valence electrons. The number of ether oxygens (including phenoxy) is 1. The second kappa shape index (κ2) is 9.96. The molecule has 0 spiro atoms. The highest BCUT2D eigenvalue weighted by molar-refractivity contribution is 7.92. The minimum absolute atomic E-state index is 0.176. The fourth-order valence-electron chi connectivity index (χ4n) is 4.57. The average molecular weight is 522 g/mol. The summed E-state index contributed by atoms with van der Waals surface area (Å²) in [5, 5.41) is 3.26. The molecule has 2 heterocycles. The standard InChI is InChI=1S/C25H26F3N3O4S/c1-17-14-23(31(29-17)13-12-18-8-4-3-5-9-18)30-16-19(15-21(30)24(32)35-2)36(33,34)22-11-7-6-10-20(22)25(26,27)28/h3-11,14,19,21H,12-13,15-16H2,1-2H3/t19-,21+/m1/s1. The van der Waals surface area contributed by atoms with Gasteiger partial charge in [-0.05, 0) is 37.5 Å². The summed E-state index contributed by atoms with van der Waals surface area (Å²) in [6, 6.07) is 14.6. The SMILES string of the molecule is COC(=O)[C@@H]1C[C@@H](S(=O)(=O)c2ccccc2C(F)(F)F)CN1c1cc(C)nn1CCc1ccccc1. The minimum Gasteiger partial charge on any atom is -0.467 e. The van der Waals surface area contributed by atoms with Gasteiger partial charge in [0.1, 0.15) is 11.9 Å². The van der Waals surface area contributed by atoms with E-state index < -0.39 is 43.7 Å². The van der Waals surface area contributed by atoms with Crippen LogP contribution in [-0.4, -0.2) is 49.1 Å². The van der Waals surface area contributed by atoms with Crippen molar-refractivity contribution in [2.75, 3.05) is 18.6 Å². The Morgan fingerprint density at radius 3 is 2.44 bits per heavy atom. The van der Waals surface area contributed by atoms with Crippen LogP contribution in [0.1, 0.15) is 23.2 Å². The molecule has 11 heteroatoms. The quantitative estimate of drug-likeness (QED) is 0.437. The van der Waals surface area contributed by atoms with Crippen molar-refractivity contribution < 1.29 is 31.1 Å². The van der Waals surface area contributed by atoms with Crippen molar-refractivity contribution in [3.63, 3.8) is 0 Å². The molecule has 0 unspecified atom stereocenters. The Morgan fingerprint density at radius 1 is 1.11 bits per heavy atom. The molecule has 0 aliphatic carbocycles. The number of benzene rings is 2. The van der Waals surface area contributed by atoms with Gasteiger partial charge >= 0.3 is 12.1 Å². The first kappa shape index (κ1) is 25.7. The van der Waals surface area contributed by atoms with Crippen LogP contribution in [0.5, 0.6) is 0 Å². The lowest BCUT2D eigenvalue weighted by Crippen LogP contribution is -2.38. The maximum Gasteiger partial charge on any atom is 0.417 e. The molecule has 1 aliphatic heterocycles. The van der Waals surface area contributed by atoms with Gasteiger partial charge in [0.2, 0.25) is 0 Å². The molecule has 2 aromatic carbocycles. The van der Waals surface area contributed by atoms with Gasteiger partial charge in [0.25, 0.3) is 0 Å². The van der Waals surface area contributed by atoms with Gasteiger partial charge in [-0.2, -0.15) is 18.3 Å². The predicted octanol–water partition coefficient (Wildman–Crippen LogP) is 4.05. The van der Waals surface area contributed by atoms with E-state index in [1.165, 1.54) is 13.2 Å². The lowest BCUT2D eigenvalue weighted by molar-refractivity contribution is -0.142. The molecule has 0 N–H and O–H groups in total. The molecule has 2 atom stereocenters. The molecule has 0 saturated carbocycles. The number of methoxy groups -OCH3 is 1. The highest BCUT2D eigenvalue weighted by Gasteiger charge is 2.47. The van der Waals surface area contributed by atoms with Gasteiger partial charge in [-0.25, -0.2) is 17.9 Å². The van der Waals surface area contributed by atoms with Crippen LogP contribution in [0.3, 0.4) is 0 Å². The van der Waals surface area contributed by atoms with Gasteiger partial charge < -0.3 is 9.64 Å². The molecular weight excluding hydrogens is 495 g/mol. The number of esters is 1. The third-order valence-electron chi connectivity index (χ3n) is 6.30. The second-order valence-corrected chi connectivity index (χ2v) is 10.9. The Balaban J connectivity index is 1.68. The van der Waals surface area contributed by atoms with Gasteiger partial charge in [-0.3, -0.25) is 0 Å². The topological polar surface area (TPSA) is 81.5 Å². The zero-order valence-electron chi connectivity index (χ0n) is 19.8. The maximum absolute atomic E-state index is 13.6. The number of anilines is 1. The van der Waals surface area contributed by atoms with Crippen molar-refractivity contribution in [2.24, 2.45) is 0 Å². The summed E-state index contributed by atoms with van der Waals surface area (Å²) in [5.41, 5.74) is 0.518. The molecule has 0 bridgehead atoms. The molecule has 0 radical (unpaired) electrons. The smallest absolute Gasteiger partial charge is 0.417 e. The summed E-state index contributed by atoms with van der Waals surface area (Å²) in [6.45, 7) is 2.07. The maximum atomic E-state index is 13.6. The molecule has 1 saturated heterocycles. The number of nitrogens with zero attached hydrogens (tertiary/aromatic N) is 3. The number of halogens is 3. The first-order chi connectivity index (χ1) is 17.0. The van der Waals surface area contributed by atoms with Crippen molar-refractivity contribution >= 4 is 21.6 Å². The van der Waals surface area contributed by atoms with Gasteiger partial charge in [0.05, 0.1) is 28.5 Å². The number of carbonyl (C=O) groups excluding carboxylic acids is 1. The van der Waals surface area contributed by atoms with Crippen molar-refractivity contribution in [3.05, 3.63) is 77.5 Å². The zero-order valence-corrected chi connectivity index (χ0v) is 20.6. The highest BCUT2D eigenvalue weighted by atomic mass is 32.2. The van der Waals surface area contributed by atoms with Crippen molar-refractivity contribution in [1.82, 2.24) is 9.78 Å². The van der Waals surface area contributed by atoms with E-state index >= 15 is 0 Å². The lowest BCUT2D eigenvalue weighted by atomic mass is 10.1. The third-order valence-corrected chi connectivity index (χ3v) is 8.49. The lowest BCUT2D eigenvalue weighted by Gasteiger charge is -2.25. The Kier molecular flexibility index (Phi) is 7.12. The van der Waals surface area contributed by atoms with E-state index in [-0.39, 0.29) is 13.0 Å². The van der Waals surface area contributed by atoms with E-state index in [1.54, 1.807) is 22.6 Å². The Hall–Kier alpha value is -3.34. The van der Waals surface area contributed by atoms with E-state index in [4.69, 9.17) is 4.74 Å². The average Bonchev–Trinajstić information content (AvgIpc) is 3.46. The highest BCUT2D eigenvalue weighted by Crippen LogP contribution is 2.38. The first-order valence-corrected chi connectivity index (χ1v) is 12.9. The van der Waals surface area contributed by atoms with Crippen LogP contribution >= 0.6 is 0 Å². The molecule has 7 nitrogen and oxygen atoms in total. The Bertz CT molecular complexity index is 1340. The summed E-state index contributed by atoms with van der Waals surface area (Å²) in [4.78, 5) is 13.5. The van der Waals surface area contributed by atoms with Crippen LogP contribution < -0.4 is 4.90 Å². The Morgan fingerprint density at radius 2 is 1.78 bits per heavy atom. The molecule has 36 heavy (non-hydrogen) atoms. The van der Waals surface area contributed by atoms with Crippen molar-refractivity contribution in [2.45, 2.75) is 48.7 Å². The number of hydrogen-bond acceptors (Lipinski definition) is 6. The van der Waals surface area contributed by atoms with Gasteiger partial charge in [-0.15, -0.1) is 0 Å². The van der Waals surface area contributed by atoms with Gasteiger partial charge in [0.15, 0.2) is 9.84 Å². The van der Waals surface area contributed by atoms with E-state index in [9.17, 15) is 26.4 Å². The predicted molar refractivity (Wildman–Crippen MR) is 127 cm³/mol. The normalized spacial score (nSPS) is 18.4. The first-order valence-electron chi connectivity index (χ1n) is 11.4. The van der Waals surface area contributed by atoms with E-state index in [0.29, 0.717) is 24.5 Å². The number of hydrogen-bond donors (Lipinski definition) is 0. The van der Waals surface area contributed by atoms with E-state index in [2.05, 4.69) is 5.10 Å².